The largest absolute Gasteiger partial charge is 0.489 e. The Morgan fingerprint density at radius 1 is 1.44 bits per heavy atom. The molecule has 1 fully saturated rings. The Labute approximate surface area is 108 Å². The number of rotatable bonds is 6. The summed E-state index contributed by atoms with van der Waals surface area (Å²) in [4.78, 5) is 2.21. The zero-order valence-electron chi connectivity index (χ0n) is 10.9. The first kappa shape index (κ1) is 13.2. The standard InChI is InChI=1S/C14H22N2O2/c1-16(11-5-4-6-11)9-12(17)10-18-14-8-3-2-7-13(14)15/h2-3,7-8,11-12,17H,4-6,9-10,15H2,1H3. The number of hydrogen-bond acceptors (Lipinski definition) is 4. The number of aliphatic hydroxyl groups is 1. The van der Waals surface area contributed by atoms with E-state index in [1.807, 2.05) is 18.2 Å². The number of aliphatic hydroxyl groups excluding tert-OH is 1. The number of anilines is 1. The van der Waals surface area contributed by atoms with Crippen LogP contribution in [0.15, 0.2) is 24.3 Å². The summed E-state index contributed by atoms with van der Waals surface area (Å²) >= 11 is 0. The third kappa shape index (κ3) is 3.37. The third-order valence-electron chi connectivity index (χ3n) is 3.55. The molecule has 1 aliphatic rings. The second-order valence-corrected chi connectivity index (χ2v) is 5.03. The fourth-order valence-electron chi connectivity index (χ4n) is 2.16. The summed E-state index contributed by atoms with van der Waals surface area (Å²) in [5, 5.41) is 9.93. The lowest BCUT2D eigenvalue weighted by Crippen LogP contribution is -2.42. The van der Waals surface area contributed by atoms with Gasteiger partial charge in [0.2, 0.25) is 0 Å². The number of ether oxygens (including phenoxy) is 1. The molecular weight excluding hydrogens is 228 g/mol. The highest BCUT2D eigenvalue weighted by atomic mass is 16.5. The maximum Gasteiger partial charge on any atom is 0.142 e. The van der Waals surface area contributed by atoms with Crippen molar-refractivity contribution < 1.29 is 9.84 Å². The summed E-state index contributed by atoms with van der Waals surface area (Å²) in [7, 11) is 2.06. The van der Waals surface area contributed by atoms with E-state index in [0.717, 1.165) is 0 Å². The first-order valence-electron chi connectivity index (χ1n) is 6.52. The molecule has 0 radical (unpaired) electrons. The van der Waals surface area contributed by atoms with E-state index in [1.165, 1.54) is 19.3 Å². The van der Waals surface area contributed by atoms with Gasteiger partial charge in [0.05, 0.1) is 5.69 Å². The highest BCUT2D eigenvalue weighted by Gasteiger charge is 2.23. The molecule has 4 nitrogen and oxygen atoms in total. The lowest BCUT2D eigenvalue weighted by atomic mass is 9.92. The van der Waals surface area contributed by atoms with E-state index >= 15 is 0 Å². The molecule has 0 saturated heterocycles. The fraction of sp³-hybridized carbons (Fsp3) is 0.571. The molecule has 1 aromatic carbocycles. The average Bonchev–Trinajstić information content (AvgIpc) is 2.25. The summed E-state index contributed by atoms with van der Waals surface area (Å²) in [6, 6.07) is 7.99. The summed E-state index contributed by atoms with van der Waals surface area (Å²) in [5.74, 6) is 0.642. The van der Waals surface area contributed by atoms with Crippen molar-refractivity contribution in [1.82, 2.24) is 4.90 Å². The molecule has 0 amide bonds. The topological polar surface area (TPSA) is 58.7 Å². The van der Waals surface area contributed by atoms with Crippen molar-refractivity contribution in [2.75, 3.05) is 25.9 Å². The van der Waals surface area contributed by atoms with Gasteiger partial charge in [-0.2, -0.15) is 0 Å². The van der Waals surface area contributed by atoms with Crippen LogP contribution in [0.4, 0.5) is 5.69 Å². The maximum absolute atomic E-state index is 9.93. The van der Waals surface area contributed by atoms with E-state index in [9.17, 15) is 5.11 Å². The summed E-state index contributed by atoms with van der Waals surface area (Å²) in [6.45, 7) is 0.933. The number of hydrogen-bond donors (Lipinski definition) is 2. The number of nitrogens with two attached hydrogens (primary N) is 1. The van der Waals surface area contributed by atoms with Crippen LogP contribution in [-0.2, 0) is 0 Å². The Morgan fingerprint density at radius 2 is 2.17 bits per heavy atom. The Kier molecular flexibility index (Phi) is 4.44. The van der Waals surface area contributed by atoms with Gasteiger partial charge in [0, 0.05) is 12.6 Å². The number of benzene rings is 1. The molecule has 1 aliphatic carbocycles. The molecule has 0 spiro atoms. The minimum Gasteiger partial charge on any atom is -0.489 e. The van der Waals surface area contributed by atoms with Crippen molar-refractivity contribution in [2.45, 2.75) is 31.4 Å². The van der Waals surface area contributed by atoms with Gasteiger partial charge in [-0.3, -0.25) is 0 Å². The van der Waals surface area contributed by atoms with Crippen molar-refractivity contribution in [1.29, 1.82) is 0 Å². The van der Waals surface area contributed by atoms with Crippen molar-refractivity contribution in [3.05, 3.63) is 24.3 Å². The van der Waals surface area contributed by atoms with Crippen LogP contribution in [-0.4, -0.2) is 42.4 Å². The molecule has 18 heavy (non-hydrogen) atoms. The van der Waals surface area contributed by atoms with E-state index in [-0.39, 0.29) is 6.61 Å². The van der Waals surface area contributed by atoms with Crippen LogP contribution in [0.3, 0.4) is 0 Å². The van der Waals surface area contributed by atoms with E-state index in [0.29, 0.717) is 24.0 Å². The number of para-hydroxylation sites is 2. The van der Waals surface area contributed by atoms with Crippen molar-refractivity contribution in [2.24, 2.45) is 0 Å². The molecule has 1 aromatic rings. The van der Waals surface area contributed by atoms with Gasteiger partial charge in [-0.1, -0.05) is 18.6 Å². The Bertz CT molecular complexity index is 380. The summed E-state index contributed by atoms with van der Waals surface area (Å²) in [6.07, 6.45) is 3.32. The lowest BCUT2D eigenvalue weighted by molar-refractivity contribution is 0.0478. The summed E-state index contributed by atoms with van der Waals surface area (Å²) < 4.78 is 5.53. The predicted octanol–water partition coefficient (Wildman–Crippen LogP) is 1.49. The smallest absolute Gasteiger partial charge is 0.142 e. The van der Waals surface area contributed by atoms with E-state index in [2.05, 4.69) is 11.9 Å². The zero-order valence-corrected chi connectivity index (χ0v) is 10.9. The molecule has 0 heterocycles. The molecule has 3 N–H and O–H groups in total. The van der Waals surface area contributed by atoms with Crippen molar-refractivity contribution in [3.8, 4) is 5.75 Å². The average molecular weight is 250 g/mol. The van der Waals surface area contributed by atoms with Gasteiger partial charge in [-0.15, -0.1) is 0 Å². The molecule has 0 aromatic heterocycles. The van der Waals surface area contributed by atoms with Crippen LogP contribution in [0.2, 0.25) is 0 Å². The number of likely N-dealkylation sites (N-methyl/N-ethyl adjacent to an activating group) is 1. The molecule has 4 heteroatoms. The van der Waals surface area contributed by atoms with E-state index < -0.39 is 6.10 Å². The quantitative estimate of drug-likeness (QED) is 0.751. The first-order chi connectivity index (χ1) is 8.66. The molecule has 1 atom stereocenters. The molecule has 0 bridgehead atoms. The van der Waals surface area contributed by atoms with Gasteiger partial charge in [-0.05, 0) is 32.0 Å². The Morgan fingerprint density at radius 3 is 2.78 bits per heavy atom. The number of nitrogen functional groups attached to an aromatic ring is 1. The minimum absolute atomic E-state index is 0.283. The Balaban J connectivity index is 1.74. The minimum atomic E-state index is -0.477. The fourth-order valence-corrected chi connectivity index (χ4v) is 2.16. The highest BCUT2D eigenvalue weighted by molar-refractivity contribution is 5.51. The third-order valence-corrected chi connectivity index (χ3v) is 3.55. The van der Waals surface area contributed by atoms with E-state index in [4.69, 9.17) is 10.5 Å². The van der Waals surface area contributed by atoms with Gasteiger partial charge in [0.1, 0.15) is 18.5 Å². The molecule has 0 aliphatic heterocycles. The monoisotopic (exact) mass is 250 g/mol. The maximum atomic E-state index is 9.93. The molecule has 100 valence electrons. The molecule has 1 unspecified atom stereocenters. The van der Waals surface area contributed by atoms with Crippen molar-refractivity contribution in [3.63, 3.8) is 0 Å². The van der Waals surface area contributed by atoms with Crippen LogP contribution in [0, 0.1) is 0 Å². The van der Waals surface area contributed by atoms with Crippen LogP contribution >= 0.6 is 0 Å². The number of nitrogens with zero attached hydrogens (tertiary/aromatic N) is 1. The molecular formula is C14H22N2O2. The molecule has 2 rings (SSSR count). The zero-order chi connectivity index (χ0) is 13.0. The van der Waals surface area contributed by atoms with Crippen LogP contribution in [0.25, 0.3) is 0 Å². The van der Waals surface area contributed by atoms with Gasteiger partial charge >= 0.3 is 0 Å². The van der Waals surface area contributed by atoms with Gasteiger partial charge in [0.15, 0.2) is 0 Å². The van der Waals surface area contributed by atoms with Crippen LogP contribution in [0.1, 0.15) is 19.3 Å². The SMILES string of the molecule is CN(CC(O)COc1ccccc1N)C1CCC1. The predicted molar refractivity (Wildman–Crippen MR) is 72.6 cm³/mol. The van der Waals surface area contributed by atoms with Crippen LogP contribution in [0.5, 0.6) is 5.75 Å². The normalized spacial score (nSPS) is 17.5. The summed E-state index contributed by atoms with van der Waals surface area (Å²) in [5.41, 5.74) is 6.38. The second kappa shape index (κ2) is 6.07. The van der Waals surface area contributed by atoms with Gasteiger partial charge < -0.3 is 20.5 Å². The highest BCUT2D eigenvalue weighted by Crippen LogP contribution is 2.24. The first-order valence-corrected chi connectivity index (χ1v) is 6.52. The molecule has 1 saturated carbocycles. The van der Waals surface area contributed by atoms with Crippen LogP contribution < -0.4 is 10.5 Å². The van der Waals surface area contributed by atoms with Gasteiger partial charge in [0.25, 0.3) is 0 Å². The van der Waals surface area contributed by atoms with Gasteiger partial charge in [-0.25, -0.2) is 0 Å². The van der Waals surface area contributed by atoms with E-state index in [1.54, 1.807) is 6.07 Å². The second-order valence-electron chi connectivity index (χ2n) is 5.03. The lowest BCUT2D eigenvalue weighted by Gasteiger charge is -2.35. The van der Waals surface area contributed by atoms with Crippen molar-refractivity contribution >= 4 is 5.69 Å². The Hall–Kier alpha value is -1.26.